The van der Waals surface area contributed by atoms with E-state index < -0.39 is 18.0 Å². The van der Waals surface area contributed by atoms with Crippen LogP contribution < -0.4 is 10.1 Å². The minimum atomic E-state index is -1.08. The number of pyridine rings is 1. The Kier molecular flexibility index (Phi) is 7.40. The second-order valence-corrected chi connectivity index (χ2v) is 5.22. The van der Waals surface area contributed by atoms with E-state index in [0.717, 1.165) is 5.56 Å². The molecule has 0 saturated heterocycles. The highest BCUT2D eigenvalue weighted by atomic mass is 16.6. The van der Waals surface area contributed by atoms with Crippen molar-refractivity contribution >= 4 is 11.9 Å². The van der Waals surface area contributed by atoms with E-state index in [-0.39, 0.29) is 19.6 Å². The van der Waals surface area contributed by atoms with Crippen LogP contribution in [0.15, 0.2) is 54.9 Å². The van der Waals surface area contributed by atoms with E-state index in [1.807, 2.05) is 24.3 Å². The van der Waals surface area contributed by atoms with Crippen molar-refractivity contribution < 1.29 is 24.2 Å². The van der Waals surface area contributed by atoms with Crippen molar-refractivity contribution in [3.8, 4) is 5.75 Å². The maximum atomic E-state index is 12.1. The largest absolute Gasteiger partial charge is 0.490 e. The number of hydrogen-bond donors (Lipinski definition) is 2. The molecule has 0 aliphatic heterocycles. The number of esters is 1. The van der Waals surface area contributed by atoms with Crippen LogP contribution in [-0.4, -0.2) is 41.3 Å². The highest BCUT2D eigenvalue weighted by molar-refractivity contribution is 5.81. The lowest BCUT2D eigenvalue weighted by molar-refractivity contribution is -0.151. The predicted octanol–water partition coefficient (Wildman–Crippen LogP) is 1.64. The summed E-state index contributed by atoms with van der Waals surface area (Å²) in [4.78, 5) is 27.0. The minimum Gasteiger partial charge on any atom is -0.490 e. The number of aliphatic carboxylic acids is 1. The van der Waals surface area contributed by atoms with E-state index in [1.165, 1.54) is 0 Å². The van der Waals surface area contributed by atoms with Crippen LogP contribution in [0, 0.1) is 0 Å². The number of carbonyl (C=O) groups is 2. The molecular formula is C18H20N2O5. The van der Waals surface area contributed by atoms with E-state index >= 15 is 0 Å². The van der Waals surface area contributed by atoms with Gasteiger partial charge in [-0.2, -0.15) is 0 Å². The molecule has 0 aliphatic rings. The number of rotatable bonds is 10. The molecule has 0 spiro atoms. The van der Waals surface area contributed by atoms with Gasteiger partial charge in [-0.3, -0.25) is 19.9 Å². The summed E-state index contributed by atoms with van der Waals surface area (Å²) in [6.07, 6.45) is 2.92. The van der Waals surface area contributed by atoms with Gasteiger partial charge in [-0.1, -0.05) is 24.3 Å². The van der Waals surface area contributed by atoms with Gasteiger partial charge in [0, 0.05) is 18.9 Å². The monoisotopic (exact) mass is 344 g/mol. The number of carbonyl (C=O) groups excluding carboxylic acids is 1. The third-order valence-corrected chi connectivity index (χ3v) is 3.28. The Labute approximate surface area is 145 Å². The lowest BCUT2D eigenvalue weighted by atomic mass is 10.2. The molecule has 0 bridgehead atoms. The highest BCUT2D eigenvalue weighted by Crippen LogP contribution is 2.08. The number of para-hydroxylation sites is 1. The Morgan fingerprint density at radius 3 is 2.60 bits per heavy atom. The van der Waals surface area contributed by atoms with Crippen molar-refractivity contribution in [2.24, 2.45) is 0 Å². The van der Waals surface area contributed by atoms with Crippen LogP contribution in [0.4, 0.5) is 0 Å². The number of hydrogen-bond acceptors (Lipinski definition) is 6. The molecule has 1 heterocycles. The summed E-state index contributed by atoms with van der Waals surface area (Å²) in [6, 6.07) is 11.8. The van der Waals surface area contributed by atoms with E-state index in [2.05, 4.69) is 10.3 Å². The summed E-state index contributed by atoms with van der Waals surface area (Å²) < 4.78 is 10.5. The number of benzene rings is 1. The molecule has 1 aromatic heterocycles. The number of ether oxygens (including phenoxy) is 2. The molecule has 1 aromatic carbocycles. The summed E-state index contributed by atoms with van der Waals surface area (Å²) in [5.41, 5.74) is 0.845. The fraction of sp³-hybridized carbons (Fsp3) is 0.278. The van der Waals surface area contributed by atoms with Gasteiger partial charge < -0.3 is 14.6 Å². The standard InChI is InChI=1S/C18H20N2O5/c21-17(22)11-16(20-13-14-5-4-8-19-12-14)18(23)25-10-9-24-15-6-2-1-3-7-15/h1-8,12,16,20H,9-11,13H2,(H,21,22). The lowest BCUT2D eigenvalue weighted by Gasteiger charge is -2.16. The van der Waals surface area contributed by atoms with Gasteiger partial charge in [0.2, 0.25) is 0 Å². The van der Waals surface area contributed by atoms with Gasteiger partial charge in [-0.05, 0) is 23.8 Å². The van der Waals surface area contributed by atoms with Crippen LogP contribution in [0.5, 0.6) is 5.75 Å². The van der Waals surface area contributed by atoms with Crippen molar-refractivity contribution in [2.45, 2.75) is 19.0 Å². The van der Waals surface area contributed by atoms with E-state index in [9.17, 15) is 9.59 Å². The summed E-state index contributed by atoms with van der Waals surface area (Å²) in [6.45, 7) is 0.554. The predicted molar refractivity (Wildman–Crippen MR) is 90.0 cm³/mol. The van der Waals surface area contributed by atoms with Gasteiger partial charge >= 0.3 is 11.9 Å². The maximum Gasteiger partial charge on any atom is 0.323 e. The van der Waals surface area contributed by atoms with Crippen molar-refractivity contribution in [1.82, 2.24) is 10.3 Å². The third-order valence-electron chi connectivity index (χ3n) is 3.28. The van der Waals surface area contributed by atoms with Crippen molar-refractivity contribution in [3.63, 3.8) is 0 Å². The smallest absolute Gasteiger partial charge is 0.323 e. The Hall–Kier alpha value is -2.93. The molecule has 7 heteroatoms. The number of carboxylic acid groups (broad SMARTS) is 1. The summed E-state index contributed by atoms with van der Waals surface area (Å²) >= 11 is 0. The maximum absolute atomic E-state index is 12.1. The normalized spacial score (nSPS) is 11.5. The van der Waals surface area contributed by atoms with Crippen LogP contribution in [0.25, 0.3) is 0 Å². The van der Waals surface area contributed by atoms with Crippen LogP contribution in [-0.2, 0) is 20.9 Å². The molecule has 1 atom stereocenters. The Balaban J connectivity index is 1.77. The molecule has 7 nitrogen and oxygen atoms in total. The zero-order chi connectivity index (χ0) is 17.9. The van der Waals surface area contributed by atoms with Gasteiger partial charge in [-0.15, -0.1) is 0 Å². The molecule has 25 heavy (non-hydrogen) atoms. The number of nitrogens with one attached hydrogen (secondary N) is 1. The fourth-order valence-electron chi connectivity index (χ4n) is 2.08. The van der Waals surface area contributed by atoms with Gasteiger partial charge in [0.15, 0.2) is 0 Å². The molecular weight excluding hydrogens is 324 g/mol. The topological polar surface area (TPSA) is 97.8 Å². The van der Waals surface area contributed by atoms with E-state index in [0.29, 0.717) is 12.3 Å². The van der Waals surface area contributed by atoms with E-state index in [4.69, 9.17) is 14.6 Å². The minimum absolute atomic E-state index is 0.0401. The van der Waals surface area contributed by atoms with Gasteiger partial charge in [-0.25, -0.2) is 0 Å². The summed E-state index contributed by atoms with van der Waals surface area (Å²) in [5.74, 6) is -1.03. The molecule has 2 rings (SSSR count). The average molecular weight is 344 g/mol. The van der Waals surface area contributed by atoms with Gasteiger partial charge in [0.1, 0.15) is 25.0 Å². The second kappa shape index (κ2) is 10.0. The fourth-order valence-corrected chi connectivity index (χ4v) is 2.08. The SMILES string of the molecule is O=C(O)CC(NCc1cccnc1)C(=O)OCCOc1ccccc1. The molecule has 2 N–H and O–H groups in total. The van der Waals surface area contributed by atoms with Crippen LogP contribution in [0.1, 0.15) is 12.0 Å². The molecule has 0 amide bonds. The Morgan fingerprint density at radius 2 is 1.92 bits per heavy atom. The zero-order valence-corrected chi connectivity index (χ0v) is 13.6. The molecule has 0 saturated carbocycles. The van der Waals surface area contributed by atoms with Crippen LogP contribution in [0.2, 0.25) is 0 Å². The number of carboxylic acids is 1. The lowest BCUT2D eigenvalue weighted by Crippen LogP contribution is -2.40. The summed E-state index contributed by atoms with van der Waals surface area (Å²) in [5, 5.41) is 11.9. The van der Waals surface area contributed by atoms with Gasteiger partial charge in [0.05, 0.1) is 6.42 Å². The third kappa shape index (κ3) is 7.01. The highest BCUT2D eigenvalue weighted by Gasteiger charge is 2.22. The van der Waals surface area contributed by atoms with Crippen molar-refractivity contribution in [3.05, 3.63) is 60.4 Å². The van der Waals surface area contributed by atoms with E-state index in [1.54, 1.807) is 30.6 Å². The first-order valence-electron chi connectivity index (χ1n) is 7.83. The molecule has 2 aromatic rings. The average Bonchev–Trinajstić information content (AvgIpc) is 2.63. The van der Waals surface area contributed by atoms with Gasteiger partial charge in [0.25, 0.3) is 0 Å². The first-order valence-corrected chi connectivity index (χ1v) is 7.83. The zero-order valence-electron chi connectivity index (χ0n) is 13.6. The molecule has 0 fully saturated rings. The van der Waals surface area contributed by atoms with Crippen molar-refractivity contribution in [1.29, 1.82) is 0 Å². The molecule has 1 unspecified atom stereocenters. The van der Waals surface area contributed by atoms with Crippen molar-refractivity contribution in [2.75, 3.05) is 13.2 Å². The molecule has 132 valence electrons. The quantitative estimate of drug-likeness (QED) is 0.499. The number of aromatic nitrogens is 1. The Morgan fingerprint density at radius 1 is 1.12 bits per heavy atom. The first-order chi connectivity index (χ1) is 12.1. The van der Waals surface area contributed by atoms with Crippen LogP contribution >= 0.6 is 0 Å². The van der Waals surface area contributed by atoms with Crippen LogP contribution in [0.3, 0.4) is 0 Å². The first kappa shape index (κ1) is 18.4. The second-order valence-electron chi connectivity index (χ2n) is 5.22. The molecule has 0 aliphatic carbocycles. The Bertz CT molecular complexity index is 664. The summed E-state index contributed by atoms with van der Waals surface area (Å²) in [7, 11) is 0. The molecule has 0 radical (unpaired) electrons. The number of nitrogens with zero attached hydrogens (tertiary/aromatic N) is 1.